The molecule has 0 saturated carbocycles. The van der Waals surface area contributed by atoms with Crippen LogP contribution in [0.15, 0.2) is 48.8 Å². The Hall–Kier alpha value is -2.64. The van der Waals surface area contributed by atoms with Gasteiger partial charge in [-0.25, -0.2) is 4.79 Å². The van der Waals surface area contributed by atoms with Gasteiger partial charge in [0.1, 0.15) is 5.75 Å². The summed E-state index contributed by atoms with van der Waals surface area (Å²) in [6.45, 7) is 2.39. The fourth-order valence-electron chi connectivity index (χ4n) is 3.23. The number of anilines is 1. The Kier molecular flexibility index (Phi) is 7.01. The number of likely N-dealkylation sites (tertiary alicyclic amines) is 1. The molecule has 27 heavy (non-hydrogen) atoms. The van der Waals surface area contributed by atoms with Gasteiger partial charge in [0.25, 0.3) is 0 Å². The second-order valence-corrected chi connectivity index (χ2v) is 6.54. The number of carbonyl (C=O) groups excluding carboxylic acids is 1. The minimum Gasteiger partial charge on any atom is -0.454 e. The van der Waals surface area contributed by atoms with Crippen molar-refractivity contribution in [3.8, 4) is 11.5 Å². The number of amides is 2. The third-order valence-electron chi connectivity index (χ3n) is 4.64. The molecule has 2 aromatic rings. The summed E-state index contributed by atoms with van der Waals surface area (Å²) in [5.41, 5.74) is 0.588. The fourth-order valence-corrected chi connectivity index (χ4v) is 3.23. The van der Waals surface area contributed by atoms with Crippen LogP contribution in [0.2, 0.25) is 0 Å². The van der Waals surface area contributed by atoms with Crippen molar-refractivity contribution < 1.29 is 14.6 Å². The van der Waals surface area contributed by atoms with Crippen molar-refractivity contribution in [1.82, 2.24) is 15.2 Å². The molecule has 1 aromatic carbocycles. The molecule has 1 aliphatic heterocycles. The topological polar surface area (TPSA) is 86.7 Å². The van der Waals surface area contributed by atoms with E-state index in [-0.39, 0.29) is 18.7 Å². The van der Waals surface area contributed by atoms with E-state index in [9.17, 15) is 9.90 Å². The van der Waals surface area contributed by atoms with Gasteiger partial charge in [0.15, 0.2) is 5.75 Å². The largest absolute Gasteiger partial charge is 0.454 e. The third-order valence-corrected chi connectivity index (χ3v) is 4.64. The van der Waals surface area contributed by atoms with Gasteiger partial charge in [-0.2, -0.15) is 0 Å². The van der Waals surface area contributed by atoms with E-state index >= 15 is 0 Å². The molecule has 2 amide bonds. The van der Waals surface area contributed by atoms with Crippen LogP contribution in [0.1, 0.15) is 19.3 Å². The Labute approximate surface area is 159 Å². The number of pyridine rings is 1. The third kappa shape index (κ3) is 5.67. The normalized spacial score (nSPS) is 17.3. The molecule has 1 fully saturated rings. The number of urea groups is 1. The average Bonchev–Trinajstić information content (AvgIpc) is 2.70. The molecule has 3 N–H and O–H groups in total. The van der Waals surface area contributed by atoms with Gasteiger partial charge in [-0.3, -0.25) is 9.88 Å². The number of ether oxygens (including phenoxy) is 1. The monoisotopic (exact) mass is 370 g/mol. The number of benzene rings is 1. The Morgan fingerprint density at radius 3 is 2.96 bits per heavy atom. The van der Waals surface area contributed by atoms with Crippen molar-refractivity contribution in [1.29, 1.82) is 0 Å². The number of nitrogens with zero attached hydrogens (tertiary/aromatic N) is 2. The minimum absolute atomic E-state index is 0.172. The van der Waals surface area contributed by atoms with Crippen molar-refractivity contribution in [2.75, 3.05) is 31.6 Å². The van der Waals surface area contributed by atoms with Crippen LogP contribution in [0.4, 0.5) is 10.5 Å². The first-order valence-corrected chi connectivity index (χ1v) is 9.33. The molecule has 3 rings (SSSR count). The molecule has 1 atom stereocenters. The van der Waals surface area contributed by atoms with E-state index in [1.807, 2.05) is 12.1 Å². The molecule has 0 spiro atoms. The maximum Gasteiger partial charge on any atom is 0.319 e. The quantitative estimate of drug-likeness (QED) is 0.698. The number of carbonyl (C=O) groups is 1. The summed E-state index contributed by atoms with van der Waals surface area (Å²) in [6.07, 6.45) is 6.61. The van der Waals surface area contributed by atoms with Crippen molar-refractivity contribution in [3.05, 3.63) is 48.8 Å². The molecular weight excluding hydrogens is 344 g/mol. The van der Waals surface area contributed by atoms with Crippen LogP contribution in [-0.4, -0.2) is 53.3 Å². The lowest BCUT2D eigenvalue weighted by atomic mass is 10.0. The standard InChI is InChI=1S/C20H26N4O3/c25-15-16-6-3-4-12-24(16)13-11-22-20(26)23-18-8-1-2-9-19(18)27-17-7-5-10-21-14-17/h1-2,5,7-10,14,16,25H,3-4,6,11-13,15H2,(H2,22,23,26). The van der Waals surface area contributed by atoms with Gasteiger partial charge in [-0.05, 0) is 43.7 Å². The van der Waals surface area contributed by atoms with Crippen LogP contribution < -0.4 is 15.4 Å². The smallest absolute Gasteiger partial charge is 0.319 e. The number of hydrogen-bond acceptors (Lipinski definition) is 5. The number of hydrogen-bond donors (Lipinski definition) is 3. The first-order valence-electron chi connectivity index (χ1n) is 9.33. The van der Waals surface area contributed by atoms with Gasteiger partial charge in [0.2, 0.25) is 0 Å². The summed E-state index contributed by atoms with van der Waals surface area (Å²) >= 11 is 0. The fraction of sp³-hybridized carbons (Fsp3) is 0.400. The lowest BCUT2D eigenvalue weighted by molar-refractivity contribution is 0.0917. The summed E-state index contributed by atoms with van der Waals surface area (Å²) in [6, 6.07) is 10.8. The molecule has 2 heterocycles. The van der Waals surface area contributed by atoms with Gasteiger partial charge < -0.3 is 20.5 Å². The molecule has 1 saturated heterocycles. The lowest BCUT2D eigenvalue weighted by Crippen LogP contribution is -2.46. The molecule has 0 aliphatic carbocycles. The number of rotatable bonds is 7. The van der Waals surface area contributed by atoms with Gasteiger partial charge in [-0.1, -0.05) is 18.6 Å². The molecule has 1 aromatic heterocycles. The molecular formula is C20H26N4O3. The Morgan fingerprint density at radius 1 is 1.26 bits per heavy atom. The maximum atomic E-state index is 12.3. The van der Waals surface area contributed by atoms with E-state index in [1.165, 1.54) is 0 Å². The summed E-state index contributed by atoms with van der Waals surface area (Å²) < 4.78 is 5.80. The number of para-hydroxylation sites is 2. The molecule has 144 valence electrons. The molecule has 1 unspecified atom stereocenters. The zero-order chi connectivity index (χ0) is 18.9. The predicted molar refractivity (Wildman–Crippen MR) is 104 cm³/mol. The summed E-state index contributed by atoms with van der Waals surface area (Å²) in [4.78, 5) is 18.5. The van der Waals surface area contributed by atoms with E-state index in [4.69, 9.17) is 4.74 Å². The first-order chi connectivity index (χ1) is 13.3. The Morgan fingerprint density at radius 2 is 2.15 bits per heavy atom. The highest BCUT2D eigenvalue weighted by atomic mass is 16.5. The van der Waals surface area contributed by atoms with Crippen LogP contribution in [0.25, 0.3) is 0 Å². The summed E-state index contributed by atoms with van der Waals surface area (Å²) in [5, 5.41) is 15.2. The van der Waals surface area contributed by atoms with Crippen LogP contribution in [0.5, 0.6) is 11.5 Å². The number of aliphatic hydroxyl groups excluding tert-OH is 1. The van der Waals surface area contributed by atoms with Gasteiger partial charge >= 0.3 is 6.03 Å². The minimum atomic E-state index is -0.283. The molecule has 7 nitrogen and oxygen atoms in total. The lowest BCUT2D eigenvalue weighted by Gasteiger charge is -2.34. The first kappa shape index (κ1) is 19.1. The second-order valence-electron chi connectivity index (χ2n) is 6.54. The van der Waals surface area contributed by atoms with E-state index in [2.05, 4.69) is 20.5 Å². The van der Waals surface area contributed by atoms with Gasteiger partial charge in [0.05, 0.1) is 18.5 Å². The SMILES string of the molecule is O=C(NCCN1CCCCC1CO)Nc1ccccc1Oc1cccnc1. The molecule has 0 radical (unpaired) electrons. The van der Waals surface area contributed by atoms with Crippen molar-refractivity contribution >= 4 is 11.7 Å². The van der Waals surface area contributed by atoms with E-state index in [0.717, 1.165) is 32.4 Å². The highest BCUT2D eigenvalue weighted by molar-refractivity contribution is 5.90. The van der Waals surface area contributed by atoms with Gasteiger partial charge in [0, 0.05) is 25.3 Å². The van der Waals surface area contributed by atoms with Crippen LogP contribution in [-0.2, 0) is 0 Å². The van der Waals surface area contributed by atoms with Gasteiger partial charge in [-0.15, -0.1) is 0 Å². The average molecular weight is 370 g/mol. The zero-order valence-corrected chi connectivity index (χ0v) is 15.3. The highest BCUT2D eigenvalue weighted by Crippen LogP contribution is 2.28. The second kappa shape index (κ2) is 9.89. The van der Waals surface area contributed by atoms with E-state index in [0.29, 0.717) is 23.7 Å². The molecule has 1 aliphatic rings. The van der Waals surface area contributed by atoms with Crippen LogP contribution in [0.3, 0.4) is 0 Å². The summed E-state index contributed by atoms with van der Waals surface area (Å²) in [7, 11) is 0. The van der Waals surface area contributed by atoms with Crippen LogP contribution >= 0.6 is 0 Å². The summed E-state index contributed by atoms with van der Waals surface area (Å²) in [5.74, 6) is 1.16. The number of nitrogens with one attached hydrogen (secondary N) is 2. The van der Waals surface area contributed by atoms with E-state index < -0.39 is 0 Å². The number of aromatic nitrogens is 1. The maximum absolute atomic E-state index is 12.3. The Balaban J connectivity index is 1.50. The van der Waals surface area contributed by atoms with Crippen molar-refractivity contribution in [3.63, 3.8) is 0 Å². The molecule has 7 heteroatoms. The predicted octanol–water partition coefficient (Wildman–Crippen LogP) is 2.84. The van der Waals surface area contributed by atoms with E-state index in [1.54, 1.807) is 36.7 Å². The van der Waals surface area contributed by atoms with Crippen molar-refractivity contribution in [2.24, 2.45) is 0 Å². The molecule has 0 bridgehead atoms. The zero-order valence-electron chi connectivity index (χ0n) is 15.3. The van der Waals surface area contributed by atoms with Crippen LogP contribution in [0, 0.1) is 0 Å². The van der Waals surface area contributed by atoms with Crippen molar-refractivity contribution in [2.45, 2.75) is 25.3 Å². The number of aliphatic hydroxyl groups is 1. The highest BCUT2D eigenvalue weighted by Gasteiger charge is 2.21. The Bertz CT molecular complexity index is 726. The number of piperidine rings is 1.